The van der Waals surface area contributed by atoms with Gasteiger partial charge >= 0.3 is 0 Å². The molecule has 0 N–H and O–H groups in total. The standard InChI is InChI=1S/C22H18O3S2/c1-4-21(24)26-18-12-8-17(9-13-18)20(23)14-7-16-5-10-19(11-6-16)27-22(25)15(2)3/h4-14H,1-2H2,3H3. The van der Waals surface area contributed by atoms with Crippen LogP contribution in [0, 0.1) is 0 Å². The molecule has 0 amide bonds. The van der Waals surface area contributed by atoms with Gasteiger partial charge in [-0.25, -0.2) is 0 Å². The fourth-order valence-corrected chi connectivity index (χ4v) is 3.20. The zero-order valence-corrected chi connectivity index (χ0v) is 16.4. The Labute approximate surface area is 167 Å². The van der Waals surface area contributed by atoms with E-state index < -0.39 is 0 Å². The van der Waals surface area contributed by atoms with Crippen LogP contribution in [0.2, 0.25) is 0 Å². The van der Waals surface area contributed by atoms with E-state index in [9.17, 15) is 14.4 Å². The SMILES string of the molecule is C=CC(=O)Sc1ccc(C(=O)C=Cc2ccc(SC(=O)C(=C)C)cc2)cc1. The summed E-state index contributed by atoms with van der Waals surface area (Å²) in [5.74, 6) is -0.127. The minimum Gasteiger partial charge on any atom is -0.289 e. The van der Waals surface area contributed by atoms with Gasteiger partial charge in [-0.3, -0.25) is 14.4 Å². The molecule has 0 bridgehead atoms. The summed E-state index contributed by atoms with van der Waals surface area (Å²) >= 11 is 2.19. The van der Waals surface area contributed by atoms with Gasteiger partial charge in [-0.05, 0) is 90.1 Å². The molecule has 0 saturated heterocycles. The van der Waals surface area contributed by atoms with Crippen molar-refractivity contribution in [2.24, 2.45) is 0 Å². The highest BCUT2D eigenvalue weighted by Crippen LogP contribution is 2.23. The van der Waals surface area contributed by atoms with Crippen LogP contribution in [0.15, 0.2) is 89.2 Å². The Bertz CT molecular complexity index is 908. The number of hydrogen-bond donors (Lipinski definition) is 0. The second kappa shape index (κ2) is 9.90. The third-order valence-corrected chi connectivity index (χ3v) is 5.31. The maximum absolute atomic E-state index is 12.3. The molecule has 0 aromatic heterocycles. The molecular formula is C22H18O3S2. The summed E-state index contributed by atoms with van der Waals surface area (Å²) in [7, 11) is 0. The Kier molecular flexibility index (Phi) is 7.58. The van der Waals surface area contributed by atoms with Crippen LogP contribution in [0.5, 0.6) is 0 Å². The normalized spacial score (nSPS) is 10.6. The van der Waals surface area contributed by atoms with Crippen molar-refractivity contribution in [3.63, 3.8) is 0 Å². The Morgan fingerprint density at radius 1 is 0.889 bits per heavy atom. The van der Waals surface area contributed by atoms with Crippen molar-refractivity contribution in [3.8, 4) is 0 Å². The molecule has 0 aliphatic carbocycles. The molecule has 136 valence electrons. The number of rotatable bonds is 7. The van der Waals surface area contributed by atoms with Gasteiger partial charge in [-0.15, -0.1) is 0 Å². The molecule has 0 radical (unpaired) electrons. The maximum Gasteiger partial charge on any atom is 0.219 e. The molecule has 2 rings (SSSR count). The number of benzene rings is 2. The van der Waals surface area contributed by atoms with Crippen LogP contribution in [0.3, 0.4) is 0 Å². The van der Waals surface area contributed by atoms with Gasteiger partial charge in [-0.1, -0.05) is 31.4 Å². The Morgan fingerprint density at radius 2 is 1.44 bits per heavy atom. The van der Waals surface area contributed by atoms with Gasteiger partial charge in [0.25, 0.3) is 0 Å². The first kappa shape index (κ1) is 20.7. The van der Waals surface area contributed by atoms with Crippen LogP contribution in [0.25, 0.3) is 6.08 Å². The van der Waals surface area contributed by atoms with Gasteiger partial charge in [0.1, 0.15) is 0 Å². The lowest BCUT2D eigenvalue weighted by molar-refractivity contribution is -0.108. The van der Waals surface area contributed by atoms with Gasteiger partial charge in [0, 0.05) is 15.4 Å². The van der Waals surface area contributed by atoms with Gasteiger partial charge in [0.15, 0.2) is 5.78 Å². The molecular weight excluding hydrogens is 376 g/mol. The summed E-state index contributed by atoms with van der Waals surface area (Å²) < 4.78 is 0. The number of thioether (sulfide) groups is 2. The van der Waals surface area contributed by atoms with Crippen molar-refractivity contribution < 1.29 is 14.4 Å². The minimum absolute atomic E-state index is 0.0649. The van der Waals surface area contributed by atoms with Gasteiger partial charge in [-0.2, -0.15) is 0 Å². The molecule has 5 heteroatoms. The van der Waals surface area contributed by atoms with E-state index in [-0.39, 0.29) is 16.0 Å². The minimum atomic E-state index is -0.138. The summed E-state index contributed by atoms with van der Waals surface area (Å²) in [6.07, 6.45) is 4.48. The fourth-order valence-electron chi connectivity index (χ4n) is 1.95. The lowest BCUT2D eigenvalue weighted by Gasteiger charge is -2.01. The Morgan fingerprint density at radius 3 is 2.00 bits per heavy atom. The average Bonchev–Trinajstić information content (AvgIpc) is 2.67. The first-order valence-corrected chi connectivity index (χ1v) is 9.67. The summed E-state index contributed by atoms with van der Waals surface area (Å²) in [4.78, 5) is 36.8. The van der Waals surface area contributed by atoms with E-state index in [2.05, 4.69) is 13.2 Å². The van der Waals surface area contributed by atoms with Crippen molar-refractivity contribution in [2.75, 3.05) is 0 Å². The van der Waals surface area contributed by atoms with Crippen molar-refractivity contribution in [2.45, 2.75) is 16.7 Å². The summed E-state index contributed by atoms with van der Waals surface area (Å²) in [6, 6.07) is 14.2. The van der Waals surface area contributed by atoms with E-state index in [4.69, 9.17) is 0 Å². The molecule has 0 atom stereocenters. The zero-order chi connectivity index (χ0) is 19.8. The van der Waals surface area contributed by atoms with Crippen molar-refractivity contribution in [1.29, 1.82) is 0 Å². The first-order chi connectivity index (χ1) is 12.9. The van der Waals surface area contributed by atoms with E-state index in [1.807, 2.05) is 24.3 Å². The van der Waals surface area contributed by atoms with Crippen molar-refractivity contribution in [3.05, 3.63) is 90.5 Å². The van der Waals surface area contributed by atoms with Crippen molar-refractivity contribution in [1.82, 2.24) is 0 Å². The van der Waals surface area contributed by atoms with Gasteiger partial charge < -0.3 is 0 Å². The molecule has 0 fully saturated rings. The van der Waals surface area contributed by atoms with E-state index in [1.165, 1.54) is 12.2 Å². The number of carbonyl (C=O) groups excluding carboxylic acids is 3. The summed E-state index contributed by atoms with van der Waals surface area (Å²) in [6.45, 7) is 8.74. The molecule has 0 unspecified atom stereocenters. The number of allylic oxidation sites excluding steroid dienone is 1. The number of carbonyl (C=O) groups is 3. The quantitative estimate of drug-likeness (QED) is 0.348. The lowest BCUT2D eigenvalue weighted by atomic mass is 10.1. The molecule has 3 nitrogen and oxygen atoms in total. The van der Waals surface area contributed by atoms with E-state index >= 15 is 0 Å². The highest BCUT2D eigenvalue weighted by atomic mass is 32.2. The third-order valence-electron chi connectivity index (χ3n) is 3.39. The molecule has 27 heavy (non-hydrogen) atoms. The topological polar surface area (TPSA) is 51.2 Å². The molecule has 0 aliphatic rings. The monoisotopic (exact) mass is 394 g/mol. The predicted octanol–water partition coefficient (Wildman–Crippen LogP) is 5.58. The lowest BCUT2D eigenvalue weighted by Crippen LogP contribution is -1.94. The summed E-state index contributed by atoms with van der Waals surface area (Å²) in [5.41, 5.74) is 1.91. The summed E-state index contributed by atoms with van der Waals surface area (Å²) in [5, 5.41) is -0.203. The highest BCUT2D eigenvalue weighted by Gasteiger charge is 2.06. The van der Waals surface area contributed by atoms with Crippen molar-refractivity contribution >= 4 is 45.6 Å². The molecule has 0 saturated carbocycles. The largest absolute Gasteiger partial charge is 0.289 e. The van der Waals surface area contributed by atoms with E-state index in [1.54, 1.807) is 37.3 Å². The van der Waals surface area contributed by atoms with E-state index in [0.717, 1.165) is 38.9 Å². The average molecular weight is 395 g/mol. The Balaban J connectivity index is 1.99. The number of hydrogen-bond acceptors (Lipinski definition) is 5. The van der Waals surface area contributed by atoms with Crippen LogP contribution in [-0.2, 0) is 9.59 Å². The highest BCUT2D eigenvalue weighted by molar-refractivity contribution is 8.14. The second-order valence-electron chi connectivity index (χ2n) is 5.59. The van der Waals surface area contributed by atoms with Crippen LogP contribution in [-0.4, -0.2) is 16.0 Å². The smallest absolute Gasteiger partial charge is 0.219 e. The van der Waals surface area contributed by atoms with Crippen LogP contribution in [0.4, 0.5) is 0 Å². The van der Waals surface area contributed by atoms with Gasteiger partial charge in [0.2, 0.25) is 10.2 Å². The number of ketones is 1. The maximum atomic E-state index is 12.3. The Hall–Kier alpha value is -2.63. The first-order valence-electron chi connectivity index (χ1n) is 8.03. The fraction of sp³-hybridized carbons (Fsp3) is 0.0455. The van der Waals surface area contributed by atoms with E-state index in [0.29, 0.717) is 11.1 Å². The second-order valence-corrected chi connectivity index (χ2v) is 7.71. The molecule has 2 aromatic rings. The molecule has 0 spiro atoms. The molecule has 2 aromatic carbocycles. The van der Waals surface area contributed by atoms with Gasteiger partial charge in [0.05, 0.1) is 0 Å². The molecule has 0 heterocycles. The third kappa shape index (κ3) is 6.55. The predicted molar refractivity (Wildman–Crippen MR) is 113 cm³/mol. The van der Waals surface area contributed by atoms with Crippen LogP contribution >= 0.6 is 23.5 Å². The van der Waals surface area contributed by atoms with Crippen LogP contribution < -0.4 is 0 Å². The van der Waals surface area contributed by atoms with Crippen LogP contribution in [0.1, 0.15) is 22.8 Å². The zero-order valence-electron chi connectivity index (χ0n) is 14.8. The molecule has 0 aliphatic heterocycles.